The Kier molecular flexibility index (Phi) is 6.40. The van der Waals surface area contributed by atoms with Gasteiger partial charge < -0.3 is 25.4 Å². The van der Waals surface area contributed by atoms with Crippen LogP contribution in [0.25, 0.3) is 10.8 Å². The second-order valence-corrected chi connectivity index (χ2v) is 10.8. The van der Waals surface area contributed by atoms with Crippen molar-refractivity contribution in [3.8, 4) is 0 Å². The van der Waals surface area contributed by atoms with Crippen molar-refractivity contribution in [1.29, 1.82) is 0 Å². The Morgan fingerprint density at radius 2 is 1.67 bits per heavy atom. The highest BCUT2D eigenvalue weighted by molar-refractivity contribution is 6.05. The summed E-state index contributed by atoms with van der Waals surface area (Å²) in [4.78, 5) is 43.4. The summed E-state index contributed by atoms with van der Waals surface area (Å²) in [5.74, 6) is -2.36. The summed E-state index contributed by atoms with van der Waals surface area (Å²) < 4.78 is 6.77. The number of rotatable bonds is 8. The summed E-state index contributed by atoms with van der Waals surface area (Å²) >= 11 is 0. The van der Waals surface area contributed by atoms with Crippen molar-refractivity contribution in [2.75, 3.05) is 23.8 Å². The zero-order valence-corrected chi connectivity index (χ0v) is 21.9. The molecule has 3 aliphatic rings. The van der Waals surface area contributed by atoms with E-state index in [1.54, 1.807) is 0 Å². The average molecular weight is 528 g/mol. The predicted molar refractivity (Wildman–Crippen MR) is 148 cm³/mol. The molecule has 8 nitrogen and oxygen atoms in total. The van der Waals surface area contributed by atoms with E-state index < -0.39 is 29.1 Å². The smallest absolute Gasteiger partial charge is 0.250 e. The van der Waals surface area contributed by atoms with Crippen LogP contribution in [-0.4, -0.2) is 58.1 Å². The molecule has 0 saturated carbocycles. The largest absolute Gasteiger partial charge is 0.396 e. The molecule has 5 atom stereocenters. The maximum atomic E-state index is 14.0. The number of anilines is 2. The molecule has 3 aromatic carbocycles. The molecule has 3 aromatic rings. The lowest BCUT2D eigenvalue weighted by Crippen LogP contribution is -2.53. The summed E-state index contributed by atoms with van der Waals surface area (Å²) in [5.41, 5.74) is -0.644. The number of para-hydroxylation sites is 1. The van der Waals surface area contributed by atoms with Gasteiger partial charge in [0.15, 0.2) is 0 Å². The number of aliphatic hydroxyl groups is 1. The lowest BCUT2D eigenvalue weighted by Gasteiger charge is -2.34. The third-order valence-corrected chi connectivity index (χ3v) is 8.83. The molecule has 2 bridgehead atoms. The fourth-order valence-electron chi connectivity index (χ4n) is 7.12. The number of fused-ring (bicyclic) bond motifs is 2. The van der Waals surface area contributed by atoms with Crippen molar-refractivity contribution in [2.45, 2.75) is 49.9 Å². The quantitative estimate of drug-likeness (QED) is 0.411. The van der Waals surface area contributed by atoms with E-state index in [9.17, 15) is 19.5 Å². The summed E-state index contributed by atoms with van der Waals surface area (Å²) in [6, 6.07) is 21.9. The second-order valence-electron chi connectivity index (χ2n) is 10.8. The van der Waals surface area contributed by atoms with Crippen LogP contribution in [0.3, 0.4) is 0 Å². The van der Waals surface area contributed by atoms with E-state index in [-0.39, 0.29) is 30.9 Å². The van der Waals surface area contributed by atoms with Crippen LogP contribution < -0.4 is 10.6 Å². The van der Waals surface area contributed by atoms with Crippen molar-refractivity contribution < 1.29 is 24.2 Å². The van der Waals surface area contributed by atoms with E-state index >= 15 is 0 Å². The summed E-state index contributed by atoms with van der Waals surface area (Å²) in [6.07, 6.45) is 1.99. The molecule has 3 aliphatic heterocycles. The number of hydrogen-bond acceptors (Lipinski definition) is 5. The first-order chi connectivity index (χ1) is 18.9. The predicted octanol–water partition coefficient (Wildman–Crippen LogP) is 3.95. The van der Waals surface area contributed by atoms with Crippen LogP contribution in [0.2, 0.25) is 0 Å². The summed E-state index contributed by atoms with van der Waals surface area (Å²) in [5, 5.41) is 17.6. The van der Waals surface area contributed by atoms with Gasteiger partial charge in [-0.25, -0.2) is 0 Å². The highest BCUT2D eigenvalue weighted by atomic mass is 16.5. The molecule has 0 radical (unpaired) electrons. The minimum absolute atomic E-state index is 0.113. The minimum atomic E-state index is -1.11. The van der Waals surface area contributed by atoms with Crippen molar-refractivity contribution >= 4 is 39.9 Å². The van der Waals surface area contributed by atoms with Crippen LogP contribution in [-0.2, 0) is 19.1 Å². The third kappa shape index (κ3) is 4.01. The lowest BCUT2D eigenvalue weighted by molar-refractivity contribution is -0.144. The number of nitrogens with one attached hydrogen (secondary N) is 2. The number of carbonyl (C=O) groups excluding carboxylic acids is 3. The van der Waals surface area contributed by atoms with E-state index in [0.29, 0.717) is 37.1 Å². The van der Waals surface area contributed by atoms with Gasteiger partial charge in [0.25, 0.3) is 0 Å². The molecule has 1 spiro atoms. The number of likely N-dealkylation sites (tertiary alicyclic amines) is 1. The normalized spacial score (nSPS) is 29.0. The third-order valence-electron chi connectivity index (χ3n) is 8.83. The highest BCUT2D eigenvalue weighted by Crippen LogP contribution is 2.64. The number of amides is 3. The Morgan fingerprint density at radius 1 is 0.949 bits per heavy atom. The molecule has 2 unspecified atom stereocenters. The molecule has 6 rings (SSSR count). The van der Waals surface area contributed by atoms with Gasteiger partial charge >= 0.3 is 0 Å². The number of hydrogen-bond donors (Lipinski definition) is 3. The van der Waals surface area contributed by atoms with E-state index in [1.807, 2.05) is 79.7 Å². The van der Waals surface area contributed by atoms with Crippen molar-refractivity contribution in [2.24, 2.45) is 11.8 Å². The Bertz CT molecular complexity index is 1430. The number of nitrogens with zero attached hydrogens (tertiary/aromatic N) is 1. The van der Waals surface area contributed by atoms with Gasteiger partial charge in [-0.2, -0.15) is 0 Å². The van der Waals surface area contributed by atoms with Crippen molar-refractivity contribution in [1.82, 2.24) is 4.90 Å². The Balaban J connectivity index is 1.35. The van der Waals surface area contributed by atoms with Crippen molar-refractivity contribution in [3.63, 3.8) is 0 Å². The molecule has 3 saturated heterocycles. The van der Waals surface area contributed by atoms with Gasteiger partial charge in [0, 0.05) is 24.5 Å². The van der Waals surface area contributed by atoms with Gasteiger partial charge in [-0.15, -0.1) is 0 Å². The number of carbonyl (C=O) groups is 3. The molecule has 0 aromatic heterocycles. The molecule has 3 heterocycles. The standard InChI is InChI=1S/C31H33N3O5/c1-2-30-15-16-31(39-30)25(24(30)27(36)32-22-11-4-3-5-12-22)29(38)34(17-8-18-35)26(31)28(37)33-23-14-13-20-9-6-7-10-21(20)19-23/h3-7,9-14,19,24-26,35H,2,8,15-18H2,1H3,(H,32,36)(H,33,37)/t24-,25+,26?,30+,31?/m1/s1. The molecular weight excluding hydrogens is 494 g/mol. The van der Waals surface area contributed by atoms with E-state index in [0.717, 1.165) is 10.8 Å². The number of aliphatic hydroxyl groups excluding tert-OH is 1. The first kappa shape index (κ1) is 25.5. The maximum absolute atomic E-state index is 14.0. The summed E-state index contributed by atoms with van der Waals surface area (Å²) in [6.45, 7) is 2.07. The molecular formula is C31H33N3O5. The zero-order valence-electron chi connectivity index (χ0n) is 21.9. The molecule has 3 amide bonds. The SMILES string of the molecule is CC[C@@]12CCC3(O1)C(C(=O)Nc1ccc4ccccc4c1)N(CCCO)C(=O)[C@@H]3[C@@H]2C(=O)Nc1ccccc1. The van der Waals surface area contributed by atoms with Crippen LogP contribution in [0, 0.1) is 11.8 Å². The zero-order chi connectivity index (χ0) is 27.2. The average Bonchev–Trinajstić information content (AvgIpc) is 3.55. The molecule has 3 N–H and O–H groups in total. The molecule has 202 valence electrons. The van der Waals surface area contributed by atoms with Gasteiger partial charge in [-0.3, -0.25) is 14.4 Å². The van der Waals surface area contributed by atoms with E-state index in [2.05, 4.69) is 10.6 Å². The summed E-state index contributed by atoms with van der Waals surface area (Å²) in [7, 11) is 0. The van der Waals surface area contributed by atoms with Crippen LogP contribution in [0.15, 0.2) is 72.8 Å². The van der Waals surface area contributed by atoms with Gasteiger partial charge in [-0.05, 0) is 60.7 Å². The Labute approximate surface area is 227 Å². The first-order valence-corrected chi connectivity index (χ1v) is 13.7. The fourth-order valence-corrected chi connectivity index (χ4v) is 7.12. The second kappa shape index (κ2) is 9.77. The number of ether oxygens (including phenoxy) is 1. The molecule has 0 aliphatic carbocycles. The monoisotopic (exact) mass is 527 g/mol. The van der Waals surface area contributed by atoms with Gasteiger partial charge in [0.05, 0.1) is 17.4 Å². The minimum Gasteiger partial charge on any atom is -0.396 e. The fraction of sp³-hybridized carbons (Fsp3) is 0.387. The van der Waals surface area contributed by atoms with Crippen LogP contribution in [0.4, 0.5) is 11.4 Å². The topological polar surface area (TPSA) is 108 Å². The first-order valence-electron chi connectivity index (χ1n) is 13.7. The van der Waals surface area contributed by atoms with Crippen LogP contribution in [0.5, 0.6) is 0 Å². The van der Waals surface area contributed by atoms with E-state index in [4.69, 9.17) is 4.74 Å². The molecule has 3 fully saturated rings. The van der Waals surface area contributed by atoms with Crippen LogP contribution in [0.1, 0.15) is 32.6 Å². The van der Waals surface area contributed by atoms with Gasteiger partial charge in [-0.1, -0.05) is 55.5 Å². The number of benzene rings is 3. The van der Waals surface area contributed by atoms with Crippen LogP contribution >= 0.6 is 0 Å². The van der Waals surface area contributed by atoms with Gasteiger partial charge in [0.2, 0.25) is 17.7 Å². The highest BCUT2D eigenvalue weighted by Gasteiger charge is 2.78. The van der Waals surface area contributed by atoms with E-state index in [1.165, 1.54) is 4.90 Å². The molecule has 39 heavy (non-hydrogen) atoms. The van der Waals surface area contributed by atoms with Crippen molar-refractivity contribution in [3.05, 3.63) is 72.8 Å². The lowest BCUT2D eigenvalue weighted by atomic mass is 9.65. The van der Waals surface area contributed by atoms with Gasteiger partial charge in [0.1, 0.15) is 11.6 Å². The molecule has 8 heteroatoms. The Hall–Kier alpha value is -3.75. The maximum Gasteiger partial charge on any atom is 0.250 e. The Morgan fingerprint density at radius 3 is 2.41 bits per heavy atom.